The third kappa shape index (κ3) is 5.94. The second kappa shape index (κ2) is 11.5. The maximum Gasteiger partial charge on any atom is 0.300 e. The van der Waals surface area contributed by atoms with Gasteiger partial charge in [0.15, 0.2) is 0 Å². The van der Waals surface area contributed by atoms with Crippen LogP contribution in [0.15, 0.2) is 73.1 Å². The van der Waals surface area contributed by atoms with E-state index in [0.717, 1.165) is 0 Å². The topological polar surface area (TPSA) is 112 Å². The molecule has 0 aliphatic heterocycles. The van der Waals surface area contributed by atoms with E-state index in [1.807, 2.05) is 0 Å². The highest BCUT2D eigenvalue weighted by atomic mass is 16.5. The third-order valence-electron chi connectivity index (χ3n) is 4.94. The van der Waals surface area contributed by atoms with Crippen LogP contribution in [0, 0.1) is 11.8 Å². The Morgan fingerprint density at radius 3 is 2.47 bits per heavy atom. The molecule has 9 heteroatoms. The van der Waals surface area contributed by atoms with Crippen LogP contribution in [-0.4, -0.2) is 42.6 Å². The van der Waals surface area contributed by atoms with Gasteiger partial charge in [0.25, 0.3) is 11.8 Å². The van der Waals surface area contributed by atoms with Crippen LogP contribution in [0.2, 0.25) is 0 Å². The fourth-order valence-corrected chi connectivity index (χ4v) is 3.27. The normalized spacial score (nSPS) is 10.2. The predicted molar refractivity (Wildman–Crippen MR) is 135 cm³/mol. The van der Waals surface area contributed by atoms with Crippen molar-refractivity contribution in [3.8, 4) is 29.1 Å². The number of aromatic nitrogens is 2. The summed E-state index contributed by atoms with van der Waals surface area (Å²) in [5.74, 6) is 6.19. The number of fused-ring (bicyclic) bond motifs is 1. The number of anilines is 2. The lowest BCUT2D eigenvalue weighted by molar-refractivity contribution is -0.111. The van der Waals surface area contributed by atoms with E-state index < -0.39 is 5.91 Å². The Labute approximate surface area is 207 Å². The van der Waals surface area contributed by atoms with E-state index in [0.29, 0.717) is 45.2 Å². The molecule has 0 saturated carbocycles. The quantitative estimate of drug-likeness (QED) is 0.378. The van der Waals surface area contributed by atoms with Crippen molar-refractivity contribution in [3.63, 3.8) is 0 Å². The van der Waals surface area contributed by atoms with Crippen molar-refractivity contribution < 1.29 is 23.8 Å². The SMILES string of the molecule is COCC#CC(=O)Nc1cc2c(Oc3ccc(C(=O)Nc4ccccn4)cc3)ccnc2cc1OC. The lowest BCUT2D eigenvalue weighted by Crippen LogP contribution is -2.12. The van der Waals surface area contributed by atoms with Crippen LogP contribution >= 0.6 is 0 Å². The van der Waals surface area contributed by atoms with Crippen LogP contribution in [0.3, 0.4) is 0 Å². The number of carbonyl (C=O) groups excluding carboxylic acids is 2. The number of benzene rings is 2. The smallest absolute Gasteiger partial charge is 0.300 e. The molecule has 0 spiro atoms. The number of carbonyl (C=O) groups is 2. The van der Waals surface area contributed by atoms with E-state index in [1.165, 1.54) is 14.2 Å². The highest BCUT2D eigenvalue weighted by molar-refractivity contribution is 6.06. The monoisotopic (exact) mass is 482 g/mol. The number of hydrogen-bond acceptors (Lipinski definition) is 7. The highest BCUT2D eigenvalue weighted by Gasteiger charge is 2.13. The fraction of sp³-hybridized carbons (Fsp3) is 0.111. The molecule has 0 saturated heterocycles. The van der Waals surface area contributed by atoms with Crippen LogP contribution in [0.1, 0.15) is 10.4 Å². The number of pyridine rings is 2. The maximum atomic E-state index is 12.5. The number of ether oxygens (including phenoxy) is 3. The van der Waals surface area contributed by atoms with Crippen LogP contribution in [0.4, 0.5) is 11.5 Å². The first kappa shape index (κ1) is 24.2. The molecular weight excluding hydrogens is 460 g/mol. The number of rotatable bonds is 7. The molecule has 0 bridgehead atoms. The molecule has 0 aliphatic carbocycles. The minimum Gasteiger partial charge on any atom is -0.494 e. The highest BCUT2D eigenvalue weighted by Crippen LogP contribution is 2.35. The molecule has 0 aliphatic rings. The number of nitrogens with zero attached hydrogens (tertiary/aromatic N) is 2. The Balaban J connectivity index is 1.55. The minimum absolute atomic E-state index is 0.147. The van der Waals surface area contributed by atoms with E-state index in [9.17, 15) is 9.59 Å². The van der Waals surface area contributed by atoms with Crippen LogP contribution in [-0.2, 0) is 9.53 Å². The molecule has 9 nitrogen and oxygen atoms in total. The van der Waals surface area contributed by atoms with Crippen molar-refractivity contribution in [2.24, 2.45) is 0 Å². The number of methoxy groups -OCH3 is 2. The molecule has 0 fully saturated rings. The van der Waals surface area contributed by atoms with Gasteiger partial charge in [0.2, 0.25) is 0 Å². The van der Waals surface area contributed by atoms with Gasteiger partial charge in [-0.25, -0.2) is 4.98 Å². The molecule has 2 N–H and O–H groups in total. The molecule has 2 aromatic heterocycles. The molecule has 2 aromatic carbocycles. The standard InChI is InChI=1S/C27H22N4O5/c1-34-15-5-7-26(32)30-22-16-20-21(17-24(22)35-2)28-14-12-23(20)36-19-10-8-18(9-11-19)27(33)31-25-6-3-4-13-29-25/h3-4,6,8-14,16-17H,15H2,1-2H3,(H,30,32)(H,29,31,33). The summed E-state index contributed by atoms with van der Waals surface area (Å²) < 4.78 is 16.3. The van der Waals surface area contributed by atoms with Gasteiger partial charge in [-0.1, -0.05) is 12.0 Å². The molecule has 2 amide bonds. The molecule has 0 unspecified atom stereocenters. The Morgan fingerprint density at radius 1 is 0.917 bits per heavy atom. The van der Waals surface area contributed by atoms with E-state index in [4.69, 9.17) is 14.2 Å². The van der Waals surface area contributed by atoms with Crippen molar-refractivity contribution in [2.75, 3.05) is 31.5 Å². The average molecular weight is 482 g/mol. The summed E-state index contributed by atoms with van der Waals surface area (Å²) in [5, 5.41) is 6.10. The fourth-order valence-electron chi connectivity index (χ4n) is 3.27. The molecule has 180 valence electrons. The second-order valence-electron chi connectivity index (χ2n) is 7.36. The zero-order valence-electron chi connectivity index (χ0n) is 19.6. The molecule has 36 heavy (non-hydrogen) atoms. The van der Waals surface area contributed by atoms with Crippen molar-refractivity contribution in [1.29, 1.82) is 0 Å². The van der Waals surface area contributed by atoms with Gasteiger partial charge in [0, 0.05) is 36.5 Å². The largest absolute Gasteiger partial charge is 0.494 e. The first-order valence-corrected chi connectivity index (χ1v) is 10.8. The van der Waals surface area contributed by atoms with E-state index in [-0.39, 0.29) is 12.5 Å². The lowest BCUT2D eigenvalue weighted by atomic mass is 10.1. The Bertz CT molecular complexity index is 1440. The van der Waals surface area contributed by atoms with Crippen LogP contribution in [0.5, 0.6) is 17.2 Å². The van der Waals surface area contributed by atoms with Gasteiger partial charge < -0.3 is 24.8 Å². The number of amides is 2. The Hall–Kier alpha value is -4.94. The average Bonchev–Trinajstić information content (AvgIpc) is 2.90. The zero-order valence-corrected chi connectivity index (χ0v) is 19.6. The van der Waals surface area contributed by atoms with Crippen molar-refractivity contribution in [3.05, 3.63) is 78.6 Å². The van der Waals surface area contributed by atoms with Crippen molar-refractivity contribution in [2.45, 2.75) is 0 Å². The molecular formula is C27H22N4O5. The molecule has 4 aromatic rings. The van der Waals surface area contributed by atoms with Gasteiger partial charge >= 0.3 is 0 Å². The Morgan fingerprint density at radius 2 is 1.75 bits per heavy atom. The van der Waals surface area contributed by atoms with Gasteiger partial charge in [-0.05, 0) is 54.5 Å². The summed E-state index contributed by atoms with van der Waals surface area (Å²) in [6.07, 6.45) is 3.22. The van der Waals surface area contributed by atoms with E-state index in [2.05, 4.69) is 32.4 Å². The van der Waals surface area contributed by atoms with Gasteiger partial charge in [-0.2, -0.15) is 0 Å². The van der Waals surface area contributed by atoms with E-state index in [1.54, 1.807) is 73.1 Å². The third-order valence-corrected chi connectivity index (χ3v) is 4.94. The number of nitrogens with one attached hydrogen (secondary N) is 2. The maximum absolute atomic E-state index is 12.5. The van der Waals surface area contributed by atoms with Gasteiger partial charge in [-0.15, -0.1) is 0 Å². The zero-order chi connectivity index (χ0) is 25.3. The second-order valence-corrected chi connectivity index (χ2v) is 7.36. The van der Waals surface area contributed by atoms with Crippen LogP contribution < -0.4 is 20.1 Å². The van der Waals surface area contributed by atoms with Crippen molar-refractivity contribution in [1.82, 2.24) is 9.97 Å². The molecule has 2 heterocycles. The van der Waals surface area contributed by atoms with Gasteiger partial charge in [0.05, 0.1) is 18.3 Å². The molecule has 4 rings (SSSR count). The summed E-state index contributed by atoms with van der Waals surface area (Å²) in [4.78, 5) is 33.1. The summed E-state index contributed by atoms with van der Waals surface area (Å²) in [6.45, 7) is 0.147. The summed E-state index contributed by atoms with van der Waals surface area (Å²) in [7, 11) is 3.00. The van der Waals surface area contributed by atoms with Crippen LogP contribution in [0.25, 0.3) is 10.9 Å². The summed E-state index contributed by atoms with van der Waals surface area (Å²) in [5.41, 5.74) is 1.48. The molecule has 0 radical (unpaired) electrons. The first-order chi connectivity index (χ1) is 17.6. The summed E-state index contributed by atoms with van der Waals surface area (Å²) in [6, 6.07) is 17.1. The Kier molecular flexibility index (Phi) is 7.70. The molecule has 0 atom stereocenters. The van der Waals surface area contributed by atoms with Crippen molar-refractivity contribution >= 4 is 34.2 Å². The lowest BCUT2D eigenvalue weighted by Gasteiger charge is -2.13. The minimum atomic E-state index is -0.504. The predicted octanol–water partition coefficient (Wildman–Crippen LogP) is 4.27. The number of hydrogen-bond donors (Lipinski definition) is 2. The van der Waals surface area contributed by atoms with Gasteiger partial charge in [0.1, 0.15) is 29.7 Å². The van der Waals surface area contributed by atoms with E-state index >= 15 is 0 Å². The first-order valence-electron chi connectivity index (χ1n) is 10.8. The summed E-state index contributed by atoms with van der Waals surface area (Å²) >= 11 is 0. The van der Waals surface area contributed by atoms with Gasteiger partial charge in [-0.3, -0.25) is 14.6 Å².